The molecule has 0 saturated heterocycles. The summed E-state index contributed by atoms with van der Waals surface area (Å²) in [5, 5.41) is 9.54. The number of ether oxygens (including phenoxy) is 1. The third-order valence-corrected chi connectivity index (χ3v) is 3.71. The Hall–Kier alpha value is -1.32. The van der Waals surface area contributed by atoms with Crippen molar-refractivity contribution in [3.63, 3.8) is 0 Å². The first-order valence-electron chi connectivity index (χ1n) is 5.93. The summed E-state index contributed by atoms with van der Waals surface area (Å²) in [5.74, 6) is 0.323. The molecule has 0 spiro atoms. The molecule has 0 radical (unpaired) electrons. The molecule has 0 unspecified atom stereocenters. The van der Waals surface area contributed by atoms with Gasteiger partial charge in [-0.15, -0.1) is 0 Å². The molecule has 0 fully saturated rings. The molecule has 1 atom stereocenters. The standard InChI is InChI=1S/C15H13BrO2/c16-12-3-1-2-11(8-12)15-14-5-4-13(17)9-10(14)6-7-18-15/h1-5,8-9,15,17H,6-7H2/t15-/m0/s1. The Labute approximate surface area is 114 Å². The number of phenolic OH excluding ortho intramolecular Hbond substituents is 1. The summed E-state index contributed by atoms with van der Waals surface area (Å²) in [6.07, 6.45) is 0.820. The summed E-state index contributed by atoms with van der Waals surface area (Å²) in [6, 6.07) is 13.7. The minimum Gasteiger partial charge on any atom is -0.508 e. The van der Waals surface area contributed by atoms with Crippen LogP contribution in [0.2, 0.25) is 0 Å². The number of phenols is 1. The molecule has 1 aliphatic heterocycles. The van der Waals surface area contributed by atoms with Crippen molar-refractivity contribution in [3.05, 3.63) is 63.6 Å². The number of hydrogen-bond donors (Lipinski definition) is 1. The quantitative estimate of drug-likeness (QED) is 0.868. The first-order valence-corrected chi connectivity index (χ1v) is 6.72. The van der Waals surface area contributed by atoms with Gasteiger partial charge in [0.15, 0.2) is 0 Å². The van der Waals surface area contributed by atoms with E-state index < -0.39 is 0 Å². The van der Waals surface area contributed by atoms with Crippen LogP contribution in [0, 0.1) is 0 Å². The molecule has 0 aliphatic carbocycles. The second kappa shape index (κ2) is 4.75. The summed E-state index contributed by atoms with van der Waals surface area (Å²) in [6.45, 7) is 0.688. The lowest BCUT2D eigenvalue weighted by Gasteiger charge is -2.26. The number of rotatable bonds is 1. The number of benzene rings is 2. The van der Waals surface area contributed by atoms with Crippen LogP contribution in [-0.2, 0) is 11.2 Å². The molecule has 0 amide bonds. The summed E-state index contributed by atoms with van der Waals surface area (Å²) in [5.41, 5.74) is 3.46. The van der Waals surface area contributed by atoms with E-state index in [1.807, 2.05) is 24.3 Å². The Morgan fingerprint density at radius 2 is 2.06 bits per heavy atom. The van der Waals surface area contributed by atoms with Gasteiger partial charge in [-0.05, 0) is 47.4 Å². The summed E-state index contributed by atoms with van der Waals surface area (Å²) < 4.78 is 6.93. The fourth-order valence-electron chi connectivity index (χ4n) is 2.39. The van der Waals surface area contributed by atoms with Crippen molar-refractivity contribution in [2.24, 2.45) is 0 Å². The second-order valence-corrected chi connectivity index (χ2v) is 5.35. The zero-order valence-electron chi connectivity index (χ0n) is 9.77. The predicted octanol–water partition coefficient (Wildman–Crippen LogP) is 3.82. The van der Waals surface area contributed by atoms with Gasteiger partial charge in [-0.25, -0.2) is 0 Å². The predicted molar refractivity (Wildman–Crippen MR) is 73.7 cm³/mol. The molecular formula is C15H13BrO2. The van der Waals surface area contributed by atoms with Crippen LogP contribution in [0.25, 0.3) is 0 Å². The molecule has 0 aromatic heterocycles. The molecule has 1 aliphatic rings. The van der Waals surface area contributed by atoms with E-state index in [4.69, 9.17) is 4.74 Å². The number of hydrogen-bond acceptors (Lipinski definition) is 2. The van der Waals surface area contributed by atoms with Crippen LogP contribution >= 0.6 is 15.9 Å². The van der Waals surface area contributed by atoms with Gasteiger partial charge in [-0.1, -0.05) is 34.1 Å². The van der Waals surface area contributed by atoms with Gasteiger partial charge >= 0.3 is 0 Å². The summed E-state index contributed by atoms with van der Waals surface area (Å²) in [7, 11) is 0. The minimum absolute atomic E-state index is 0.0353. The van der Waals surface area contributed by atoms with Crippen LogP contribution in [0.4, 0.5) is 0 Å². The maximum Gasteiger partial charge on any atom is 0.115 e. The lowest BCUT2D eigenvalue weighted by molar-refractivity contribution is 0.0697. The molecule has 0 bridgehead atoms. The van der Waals surface area contributed by atoms with Crippen LogP contribution < -0.4 is 0 Å². The monoisotopic (exact) mass is 304 g/mol. The molecule has 2 aromatic rings. The van der Waals surface area contributed by atoms with E-state index in [1.54, 1.807) is 6.07 Å². The van der Waals surface area contributed by atoms with E-state index in [-0.39, 0.29) is 6.10 Å². The van der Waals surface area contributed by atoms with Crippen molar-refractivity contribution in [2.75, 3.05) is 6.61 Å². The molecule has 0 saturated carbocycles. The number of halogens is 1. The van der Waals surface area contributed by atoms with E-state index in [1.165, 1.54) is 5.56 Å². The topological polar surface area (TPSA) is 29.5 Å². The van der Waals surface area contributed by atoms with E-state index in [9.17, 15) is 5.11 Å². The van der Waals surface area contributed by atoms with Crippen molar-refractivity contribution in [1.82, 2.24) is 0 Å². The van der Waals surface area contributed by atoms with E-state index in [2.05, 4.69) is 28.1 Å². The van der Waals surface area contributed by atoms with E-state index in [0.29, 0.717) is 12.4 Å². The minimum atomic E-state index is -0.0353. The maximum absolute atomic E-state index is 9.54. The molecule has 3 rings (SSSR count). The van der Waals surface area contributed by atoms with E-state index >= 15 is 0 Å². The van der Waals surface area contributed by atoms with Crippen LogP contribution in [-0.4, -0.2) is 11.7 Å². The highest BCUT2D eigenvalue weighted by Gasteiger charge is 2.22. The number of aromatic hydroxyl groups is 1. The third-order valence-electron chi connectivity index (χ3n) is 3.22. The van der Waals surface area contributed by atoms with Gasteiger partial charge in [0.1, 0.15) is 11.9 Å². The first-order chi connectivity index (χ1) is 8.74. The third kappa shape index (κ3) is 2.16. The Morgan fingerprint density at radius 1 is 1.17 bits per heavy atom. The highest BCUT2D eigenvalue weighted by Crippen LogP contribution is 2.35. The SMILES string of the molecule is Oc1ccc2c(c1)CCO[C@H]2c1cccc(Br)c1. The maximum atomic E-state index is 9.54. The largest absolute Gasteiger partial charge is 0.508 e. The number of fused-ring (bicyclic) bond motifs is 1. The molecule has 18 heavy (non-hydrogen) atoms. The van der Waals surface area contributed by atoms with Crippen molar-refractivity contribution in [1.29, 1.82) is 0 Å². The molecule has 1 N–H and O–H groups in total. The van der Waals surface area contributed by atoms with Gasteiger partial charge < -0.3 is 9.84 Å². The molecule has 92 valence electrons. The molecular weight excluding hydrogens is 292 g/mol. The summed E-state index contributed by atoms with van der Waals surface area (Å²) in [4.78, 5) is 0. The first kappa shape index (κ1) is 11.8. The van der Waals surface area contributed by atoms with Gasteiger partial charge in [-0.3, -0.25) is 0 Å². The fraction of sp³-hybridized carbons (Fsp3) is 0.200. The average Bonchev–Trinajstić information content (AvgIpc) is 2.37. The lowest BCUT2D eigenvalue weighted by Crippen LogP contribution is -2.17. The molecule has 2 aromatic carbocycles. The normalized spacial score (nSPS) is 18.4. The van der Waals surface area contributed by atoms with Gasteiger partial charge in [-0.2, -0.15) is 0 Å². The second-order valence-electron chi connectivity index (χ2n) is 4.44. The molecule has 3 heteroatoms. The van der Waals surface area contributed by atoms with Crippen LogP contribution in [0.1, 0.15) is 22.8 Å². The average molecular weight is 305 g/mol. The zero-order chi connectivity index (χ0) is 12.5. The van der Waals surface area contributed by atoms with Crippen molar-refractivity contribution >= 4 is 15.9 Å². The molecule has 2 nitrogen and oxygen atoms in total. The lowest BCUT2D eigenvalue weighted by atomic mass is 9.93. The van der Waals surface area contributed by atoms with Crippen LogP contribution in [0.15, 0.2) is 46.9 Å². The highest BCUT2D eigenvalue weighted by molar-refractivity contribution is 9.10. The van der Waals surface area contributed by atoms with Gasteiger partial charge in [0.05, 0.1) is 6.61 Å². The van der Waals surface area contributed by atoms with E-state index in [0.717, 1.165) is 22.0 Å². The molecule has 1 heterocycles. The fourth-order valence-corrected chi connectivity index (χ4v) is 2.80. The van der Waals surface area contributed by atoms with Gasteiger partial charge in [0.2, 0.25) is 0 Å². The smallest absolute Gasteiger partial charge is 0.115 e. The summed E-state index contributed by atoms with van der Waals surface area (Å²) >= 11 is 3.48. The zero-order valence-corrected chi connectivity index (χ0v) is 11.4. The highest BCUT2D eigenvalue weighted by atomic mass is 79.9. The Balaban J connectivity index is 2.06. The van der Waals surface area contributed by atoms with Crippen molar-refractivity contribution < 1.29 is 9.84 Å². The van der Waals surface area contributed by atoms with Crippen LogP contribution in [0.5, 0.6) is 5.75 Å². The Kier molecular flexibility index (Phi) is 3.10. The van der Waals surface area contributed by atoms with Crippen molar-refractivity contribution in [3.8, 4) is 5.75 Å². The van der Waals surface area contributed by atoms with Crippen molar-refractivity contribution in [2.45, 2.75) is 12.5 Å². The Bertz CT molecular complexity index is 580. The van der Waals surface area contributed by atoms with Gasteiger partial charge in [0.25, 0.3) is 0 Å². The Morgan fingerprint density at radius 3 is 2.89 bits per heavy atom. The van der Waals surface area contributed by atoms with Gasteiger partial charge in [0, 0.05) is 4.47 Å². The van der Waals surface area contributed by atoms with Crippen LogP contribution in [0.3, 0.4) is 0 Å².